The zero-order valence-corrected chi connectivity index (χ0v) is 21.5. The van der Waals surface area contributed by atoms with Crippen LogP contribution in [-0.2, 0) is 6.54 Å². The first-order valence-electron chi connectivity index (χ1n) is 11.8. The third-order valence-electron chi connectivity index (χ3n) is 5.59. The van der Waals surface area contributed by atoms with Gasteiger partial charge in [0.2, 0.25) is 5.95 Å². The van der Waals surface area contributed by atoms with Crippen molar-refractivity contribution < 1.29 is 17.6 Å². The van der Waals surface area contributed by atoms with Crippen LogP contribution in [0.25, 0.3) is 0 Å². The monoisotopic (exact) mass is 538 g/mol. The number of hydrogen-bond acceptors (Lipinski definition) is 8. The first-order chi connectivity index (χ1) is 17.9. The Kier molecular flexibility index (Phi) is 14.1. The van der Waals surface area contributed by atoms with Crippen molar-refractivity contribution in [3.05, 3.63) is 102 Å². The molecule has 1 fully saturated rings. The SMILES string of the molecule is C=C(NCc1ccccc1)C1CCCN1C.C=CC/C(NN)=C(/N)C(F)(F)F.NC(N)c1cccnc1F. The number of nitrogens with one attached hydrogen (secondary N) is 2. The topological polar surface area (TPSA) is 144 Å². The highest BCUT2D eigenvalue weighted by Crippen LogP contribution is 2.24. The molecule has 8 nitrogen and oxygen atoms in total. The molecule has 210 valence electrons. The zero-order chi connectivity index (χ0) is 28.7. The van der Waals surface area contributed by atoms with Gasteiger partial charge in [0, 0.05) is 36.5 Å². The van der Waals surface area contributed by atoms with Gasteiger partial charge in [0.25, 0.3) is 0 Å². The van der Waals surface area contributed by atoms with Gasteiger partial charge >= 0.3 is 6.18 Å². The van der Waals surface area contributed by atoms with Gasteiger partial charge in [-0.05, 0) is 38.1 Å². The predicted octanol–water partition coefficient (Wildman–Crippen LogP) is 3.28. The van der Waals surface area contributed by atoms with Gasteiger partial charge in [-0.2, -0.15) is 17.6 Å². The van der Waals surface area contributed by atoms with E-state index in [1.807, 2.05) is 11.5 Å². The third-order valence-corrected chi connectivity index (χ3v) is 5.59. The number of aromatic nitrogens is 1. The van der Waals surface area contributed by atoms with Crippen LogP contribution in [0.5, 0.6) is 0 Å². The van der Waals surface area contributed by atoms with Crippen molar-refractivity contribution in [2.45, 2.75) is 44.2 Å². The Morgan fingerprint density at radius 1 is 1.21 bits per heavy atom. The maximum Gasteiger partial charge on any atom is 0.432 e. The summed E-state index contributed by atoms with van der Waals surface area (Å²) in [6.45, 7) is 9.48. The lowest BCUT2D eigenvalue weighted by atomic mass is 10.1. The summed E-state index contributed by atoms with van der Waals surface area (Å²) in [6.07, 6.45) is -0.236. The molecule has 2 heterocycles. The molecule has 1 aliphatic heterocycles. The molecule has 1 aliphatic rings. The van der Waals surface area contributed by atoms with Crippen LogP contribution in [-0.4, -0.2) is 35.7 Å². The van der Waals surface area contributed by atoms with Crippen molar-refractivity contribution in [3.8, 4) is 0 Å². The Balaban J connectivity index is 0.000000295. The summed E-state index contributed by atoms with van der Waals surface area (Å²) in [5, 5.41) is 3.44. The first kappa shape index (κ1) is 32.6. The van der Waals surface area contributed by atoms with E-state index in [9.17, 15) is 17.6 Å². The largest absolute Gasteiger partial charge is 0.432 e. The minimum absolute atomic E-state index is 0.0398. The molecule has 0 aliphatic carbocycles. The molecule has 0 amide bonds. The number of rotatable bonds is 8. The van der Waals surface area contributed by atoms with E-state index in [4.69, 9.17) is 23.0 Å². The summed E-state index contributed by atoms with van der Waals surface area (Å²) in [4.78, 5) is 5.75. The van der Waals surface area contributed by atoms with Crippen molar-refractivity contribution >= 4 is 0 Å². The van der Waals surface area contributed by atoms with Gasteiger partial charge in [-0.15, -0.1) is 6.58 Å². The first-order valence-corrected chi connectivity index (χ1v) is 11.8. The molecule has 1 atom stereocenters. The molecule has 38 heavy (non-hydrogen) atoms. The lowest BCUT2D eigenvalue weighted by Gasteiger charge is -2.22. The van der Waals surface area contributed by atoms with E-state index in [0.29, 0.717) is 6.04 Å². The second-order valence-electron chi connectivity index (χ2n) is 8.44. The molecule has 1 saturated heterocycles. The molecule has 0 saturated carbocycles. The molecule has 1 unspecified atom stereocenters. The van der Waals surface area contributed by atoms with Gasteiger partial charge < -0.3 is 27.9 Å². The molecule has 12 heteroatoms. The fourth-order valence-electron chi connectivity index (χ4n) is 3.49. The quantitative estimate of drug-likeness (QED) is 0.0750. The summed E-state index contributed by atoms with van der Waals surface area (Å²) >= 11 is 0. The normalized spacial score (nSPS) is 15.9. The van der Waals surface area contributed by atoms with Gasteiger partial charge in [-0.3, -0.25) is 10.7 Å². The number of nitrogens with two attached hydrogens (primary N) is 4. The molecule has 0 radical (unpaired) electrons. The number of benzene rings is 1. The summed E-state index contributed by atoms with van der Waals surface area (Å²) < 4.78 is 48.3. The van der Waals surface area contributed by atoms with Crippen molar-refractivity contribution in [2.75, 3.05) is 13.6 Å². The highest BCUT2D eigenvalue weighted by molar-refractivity contribution is 5.17. The van der Waals surface area contributed by atoms with Gasteiger partial charge in [0.1, 0.15) is 5.70 Å². The number of halogens is 4. The van der Waals surface area contributed by atoms with E-state index in [0.717, 1.165) is 12.2 Å². The predicted molar refractivity (Wildman–Crippen MR) is 143 cm³/mol. The van der Waals surface area contributed by atoms with E-state index in [-0.39, 0.29) is 17.7 Å². The number of hydrogen-bond donors (Lipinski definition) is 6. The Bertz CT molecular complexity index is 1030. The van der Waals surface area contributed by atoms with Crippen LogP contribution in [0.1, 0.15) is 36.6 Å². The minimum Gasteiger partial charge on any atom is -0.393 e. The van der Waals surface area contributed by atoms with E-state index in [1.165, 1.54) is 43.3 Å². The van der Waals surface area contributed by atoms with Crippen molar-refractivity contribution in [2.24, 2.45) is 23.0 Å². The molecular formula is C26H38F4N8. The number of alkyl halides is 3. The van der Waals surface area contributed by atoms with Crippen LogP contribution in [0.15, 0.2) is 85.0 Å². The maximum absolute atomic E-state index is 12.6. The molecule has 1 aromatic heterocycles. The van der Waals surface area contributed by atoms with Crippen LogP contribution < -0.4 is 33.8 Å². The van der Waals surface area contributed by atoms with Crippen molar-refractivity contribution in [3.63, 3.8) is 0 Å². The number of allylic oxidation sites excluding steroid dienone is 2. The average Bonchev–Trinajstić information content (AvgIpc) is 3.32. The van der Waals surface area contributed by atoms with Crippen LogP contribution >= 0.6 is 0 Å². The number of pyridine rings is 1. The number of nitrogens with zero attached hydrogens (tertiary/aromatic N) is 2. The fraction of sp³-hybridized carbons (Fsp3) is 0.346. The summed E-state index contributed by atoms with van der Waals surface area (Å²) in [5.74, 6) is 4.22. The van der Waals surface area contributed by atoms with Gasteiger partial charge in [0.05, 0.1) is 11.9 Å². The lowest BCUT2D eigenvalue weighted by molar-refractivity contribution is -0.0939. The van der Waals surface area contributed by atoms with Crippen LogP contribution in [0.4, 0.5) is 17.6 Å². The van der Waals surface area contributed by atoms with Gasteiger partial charge in [-0.1, -0.05) is 49.1 Å². The highest BCUT2D eigenvalue weighted by atomic mass is 19.4. The lowest BCUT2D eigenvalue weighted by Crippen LogP contribution is -2.32. The molecular weight excluding hydrogens is 500 g/mol. The Labute approximate surface area is 221 Å². The third kappa shape index (κ3) is 11.3. The summed E-state index contributed by atoms with van der Waals surface area (Å²) in [6, 6.07) is 14.1. The maximum atomic E-state index is 12.6. The van der Waals surface area contributed by atoms with Gasteiger partial charge in [-0.25, -0.2) is 4.98 Å². The van der Waals surface area contributed by atoms with Crippen molar-refractivity contribution in [1.29, 1.82) is 0 Å². The number of hydrazine groups is 1. The zero-order valence-electron chi connectivity index (χ0n) is 21.5. The van der Waals surface area contributed by atoms with Crippen LogP contribution in [0, 0.1) is 5.95 Å². The molecule has 0 spiro atoms. The number of likely N-dealkylation sites (tertiary alicyclic amines) is 1. The molecule has 3 rings (SSSR count). The molecule has 2 aromatic rings. The van der Waals surface area contributed by atoms with Gasteiger partial charge in [0.15, 0.2) is 0 Å². The summed E-state index contributed by atoms with van der Waals surface area (Å²) in [7, 11) is 2.17. The smallest absolute Gasteiger partial charge is 0.393 e. The Morgan fingerprint density at radius 3 is 2.32 bits per heavy atom. The van der Waals surface area contributed by atoms with E-state index < -0.39 is 24.0 Å². The molecule has 0 bridgehead atoms. The second-order valence-corrected chi connectivity index (χ2v) is 8.44. The van der Waals surface area contributed by atoms with Crippen LogP contribution in [0.2, 0.25) is 0 Å². The van der Waals surface area contributed by atoms with E-state index in [1.54, 1.807) is 6.07 Å². The standard InChI is InChI=1S/C14H20N2.C6H10F3N3.C6H8FN3/c1-12(14-9-6-10-16(14)2)15-11-13-7-4-3-5-8-13;1-2-3-4(12-11)5(10)6(7,8)9;7-5-4(6(8)9)2-1-3-10-5/h3-5,7-8,14-15H,1,6,9-11H2,2H3;2,12H,1,3,10-11H2;1-3,6H,8-9H2/b;5-4-;. The highest BCUT2D eigenvalue weighted by Gasteiger charge is 2.33. The van der Waals surface area contributed by atoms with E-state index >= 15 is 0 Å². The Hall–Kier alpha value is -3.45. The minimum atomic E-state index is -4.55. The Morgan fingerprint density at radius 2 is 1.87 bits per heavy atom. The summed E-state index contributed by atoms with van der Waals surface area (Å²) in [5.41, 5.74) is 18.3. The van der Waals surface area contributed by atoms with E-state index in [2.05, 4.69) is 59.7 Å². The second kappa shape index (κ2) is 16.4. The van der Waals surface area contributed by atoms with Crippen molar-refractivity contribution in [1.82, 2.24) is 20.6 Å². The molecule has 1 aromatic carbocycles. The molecule has 10 N–H and O–H groups in total. The fourth-order valence-corrected chi connectivity index (χ4v) is 3.49. The number of likely N-dealkylation sites (N-methyl/N-ethyl adjacent to an activating group) is 1. The average molecular weight is 539 g/mol. The van der Waals surface area contributed by atoms with Crippen LogP contribution in [0.3, 0.4) is 0 Å².